The lowest BCUT2D eigenvalue weighted by molar-refractivity contribution is -0.192. The molecule has 172 valence electrons. The Hall–Kier alpha value is -2.36. The molecule has 1 saturated heterocycles. The fourth-order valence-corrected chi connectivity index (χ4v) is 3.78. The largest absolute Gasteiger partial charge is 0.490 e. The zero-order chi connectivity index (χ0) is 22.6. The second-order valence-electron chi connectivity index (χ2n) is 8.27. The molecule has 1 aliphatic carbocycles. The molecule has 7 nitrogen and oxygen atoms in total. The van der Waals surface area contributed by atoms with Gasteiger partial charge in [-0.05, 0) is 44.6 Å². The highest BCUT2D eigenvalue weighted by Gasteiger charge is 2.38. The van der Waals surface area contributed by atoms with E-state index in [2.05, 4.69) is 21.9 Å². The molecule has 1 aromatic rings. The number of carboxylic acids is 1. The van der Waals surface area contributed by atoms with Crippen LogP contribution in [0, 0.1) is 18.8 Å². The normalized spacial score (nSPS) is 19.7. The Balaban J connectivity index is 0.000000339. The van der Waals surface area contributed by atoms with E-state index in [-0.39, 0.29) is 5.92 Å². The molecule has 3 heterocycles. The lowest BCUT2D eigenvalue weighted by Gasteiger charge is -2.28. The summed E-state index contributed by atoms with van der Waals surface area (Å²) in [5, 5.41) is 7.12. The molecule has 1 aromatic heterocycles. The molecule has 1 saturated carbocycles. The number of fused-ring (bicyclic) bond motifs is 1. The summed E-state index contributed by atoms with van der Waals surface area (Å²) in [5.41, 5.74) is 2.25. The van der Waals surface area contributed by atoms with Crippen molar-refractivity contribution >= 4 is 17.7 Å². The number of rotatable bonds is 3. The number of hydrogen-bond donors (Lipinski definition) is 1. The molecule has 1 N–H and O–H groups in total. The molecular weight excluding hydrogens is 415 g/mol. The molecule has 4 rings (SSSR count). The average Bonchev–Trinajstić information content (AvgIpc) is 3.56. The summed E-state index contributed by atoms with van der Waals surface area (Å²) >= 11 is 0. The number of anilines is 1. The molecule has 0 unspecified atom stereocenters. The molecule has 31 heavy (non-hydrogen) atoms. The molecule has 0 bridgehead atoms. The van der Waals surface area contributed by atoms with E-state index < -0.39 is 12.1 Å². The van der Waals surface area contributed by atoms with E-state index >= 15 is 0 Å². The van der Waals surface area contributed by atoms with Crippen LogP contribution in [-0.2, 0) is 20.9 Å². The fourth-order valence-electron chi connectivity index (χ4n) is 3.78. The number of carbonyl (C=O) groups is 2. The number of aliphatic carboxylic acids is 1. The number of alkyl halides is 3. The molecule has 2 fully saturated rings. The fraction of sp³-hybridized carbons (Fsp3) is 0.667. The van der Waals surface area contributed by atoms with Gasteiger partial charge in [0, 0.05) is 56.6 Å². The van der Waals surface area contributed by atoms with E-state index in [9.17, 15) is 18.0 Å². The van der Waals surface area contributed by atoms with Crippen molar-refractivity contribution in [1.29, 1.82) is 0 Å². The number of nitrogens with zero attached hydrogens (tertiary/aromatic N) is 3. The van der Waals surface area contributed by atoms with Gasteiger partial charge in [-0.3, -0.25) is 4.79 Å². The highest BCUT2D eigenvalue weighted by Crippen LogP contribution is 2.33. The Morgan fingerprint density at radius 3 is 2.39 bits per heavy atom. The summed E-state index contributed by atoms with van der Waals surface area (Å²) in [7, 11) is 0. The third-order valence-electron chi connectivity index (χ3n) is 5.70. The molecule has 10 heteroatoms. The highest BCUT2D eigenvalue weighted by molar-refractivity contribution is 5.79. The quantitative estimate of drug-likeness (QED) is 0.774. The van der Waals surface area contributed by atoms with Crippen molar-refractivity contribution in [2.24, 2.45) is 11.8 Å². The number of pyridine rings is 1. The van der Waals surface area contributed by atoms with E-state index in [0.29, 0.717) is 12.5 Å². The third kappa shape index (κ3) is 6.56. The lowest BCUT2D eigenvalue weighted by Crippen LogP contribution is -2.40. The first kappa shape index (κ1) is 23.3. The predicted molar refractivity (Wildman–Crippen MR) is 107 cm³/mol. The second kappa shape index (κ2) is 9.84. The lowest BCUT2D eigenvalue weighted by atomic mass is 9.98. The van der Waals surface area contributed by atoms with Gasteiger partial charge >= 0.3 is 12.1 Å². The SMILES string of the molecule is Cc1ccc2c(n1)N(CC1CC1)CCN(C(=O)C1CCOCC1)C2.O=C(O)C(F)(F)F. The van der Waals surface area contributed by atoms with Gasteiger partial charge < -0.3 is 19.6 Å². The molecule has 0 atom stereocenters. The van der Waals surface area contributed by atoms with Gasteiger partial charge in [0.1, 0.15) is 5.82 Å². The third-order valence-corrected chi connectivity index (χ3v) is 5.70. The topological polar surface area (TPSA) is 83.0 Å². The molecular formula is C21H28F3N3O4. The van der Waals surface area contributed by atoms with Gasteiger partial charge in [0.05, 0.1) is 0 Å². The zero-order valence-corrected chi connectivity index (χ0v) is 17.5. The number of halogens is 3. The number of ether oxygens (including phenoxy) is 1. The summed E-state index contributed by atoms with van der Waals surface area (Å²) in [4.78, 5) is 31.1. The van der Waals surface area contributed by atoms with Gasteiger partial charge in [-0.2, -0.15) is 13.2 Å². The summed E-state index contributed by atoms with van der Waals surface area (Å²) < 4.78 is 37.1. The monoisotopic (exact) mass is 443 g/mol. The van der Waals surface area contributed by atoms with Crippen LogP contribution in [0.5, 0.6) is 0 Å². The number of amides is 1. The molecule has 0 radical (unpaired) electrons. The van der Waals surface area contributed by atoms with Crippen molar-refractivity contribution in [3.8, 4) is 0 Å². The molecule has 2 aliphatic heterocycles. The highest BCUT2D eigenvalue weighted by atomic mass is 19.4. The maximum Gasteiger partial charge on any atom is 0.490 e. The van der Waals surface area contributed by atoms with Crippen LogP contribution in [0.4, 0.5) is 19.0 Å². The van der Waals surface area contributed by atoms with E-state index in [1.54, 1.807) is 0 Å². The summed E-state index contributed by atoms with van der Waals surface area (Å²) in [6.07, 6.45) is -0.689. The number of aromatic nitrogens is 1. The molecule has 3 aliphatic rings. The summed E-state index contributed by atoms with van der Waals surface area (Å²) in [6, 6.07) is 4.23. The molecule has 1 amide bonds. The maximum atomic E-state index is 13.0. The van der Waals surface area contributed by atoms with Crippen LogP contribution in [0.25, 0.3) is 0 Å². The van der Waals surface area contributed by atoms with Crippen molar-refractivity contribution < 1.29 is 32.6 Å². The number of aryl methyl sites for hydroxylation is 1. The van der Waals surface area contributed by atoms with Crippen molar-refractivity contribution in [3.05, 3.63) is 23.4 Å². The first-order valence-corrected chi connectivity index (χ1v) is 10.5. The minimum absolute atomic E-state index is 0.135. The molecule has 0 aromatic carbocycles. The van der Waals surface area contributed by atoms with Crippen molar-refractivity contribution in [1.82, 2.24) is 9.88 Å². The van der Waals surface area contributed by atoms with Crippen LogP contribution in [0.15, 0.2) is 12.1 Å². The van der Waals surface area contributed by atoms with Crippen molar-refractivity contribution in [2.45, 2.75) is 45.3 Å². The van der Waals surface area contributed by atoms with E-state index in [1.165, 1.54) is 18.4 Å². The Morgan fingerprint density at radius 1 is 1.16 bits per heavy atom. The Bertz CT molecular complexity index is 793. The van der Waals surface area contributed by atoms with Crippen LogP contribution < -0.4 is 4.90 Å². The van der Waals surface area contributed by atoms with Crippen LogP contribution in [0.2, 0.25) is 0 Å². The second-order valence-corrected chi connectivity index (χ2v) is 8.27. The molecule has 0 spiro atoms. The average molecular weight is 443 g/mol. The van der Waals surface area contributed by atoms with Gasteiger partial charge in [0.25, 0.3) is 0 Å². The van der Waals surface area contributed by atoms with E-state index in [4.69, 9.17) is 19.6 Å². The van der Waals surface area contributed by atoms with E-state index in [1.807, 2.05) is 6.92 Å². The van der Waals surface area contributed by atoms with Crippen molar-refractivity contribution in [3.63, 3.8) is 0 Å². The van der Waals surface area contributed by atoms with Gasteiger partial charge in [0.2, 0.25) is 5.91 Å². The smallest absolute Gasteiger partial charge is 0.475 e. The van der Waals surface area contributed by atoms with Gasteiger partial charge in [-0.15, -0.1) is 0 Å². The minimum Gasteiger partial charge on any atom is -0.475 e. The minimum atomic E-state index is -5.08. The van der Waals surface area contributed by atoms with Crippen molar-refractivity contribution in [2.75, 3.05) is 37.7 Å². The Morgan fingerprint density at radius 2 is 1.81 bits per heavy atom. The first-order chi connectivity index (χ1) is 14.6. The Labute approximate surface area is 179 Å². The Kier molecular flexibility index (Phi) is 7.40. The number of hydrogen-bond acceptors (Lipinski definition) is 5. The number of carbonyl (C=O) groups excluding carboxylic acids is 1. The van der Waals surface area contributed by atoms with Gasteiger partial charge in [-0.1, -0.05) is 6.07 Å². The zero-order valence-electron chi connectivity index (χ0n) is 17.5. The predicted octanol–water partition coefficient (Wildman–Crippen LogP) is 3.01. The summed E-state index contributed by atoms with van der Waals surface area (Å²) in [6.45, 7) is 6.96. The van der Waals surface area contributed by atoms with Gasteiger partial charge in [-0.25, -0.2) is 9.78 Å². The maximum absolute atomic E-state index is 13.0. The van der Waals surface area contributed by atoms with Crippen LogP contribution >= 0.6 is 0 Å². The number of carboxylic acid groups (broad SMARTS) is 1. The summed E-state index contributed by atoms with van der Waals surface area (Å²) in [5.74, 6) is -0.400. The van der Waals surface area contributed by atoms with Crippen LogP contribution in [-0.4, -0.2) is 65.9 Å². The first-order valence-electron chi connectivity index (χ1n) is 10.5. The van der Waals surface area contributed by atoms with E-state index in [0.717, 1.165) is 63.1 Å². The van der Waals surface area contributed by atoms with Gasteiger partial charge in [0.15, 0.2) is 0 Å². The standard InChI is InChI=1S/C19H27N3O2.C2HF3O2/c1-14-2-5-17-13-22(19(23)16-6-10-24-11-7-16)9-8-21(18(17)20-14)12-15-3-4-15;3-2(4,5)1(6)7/h2,5,15-16H,3-4,6-13H2,1H3;(H,6,7). The van der Waals surface area contributed by atoms with Crippen LogP contribution in [0.3, 0.4) is 0 Å². The van der Waals surface area contributed by atoms with Crippen LogP contribution in [0.1, 0.15) is 36.9 Å².